The van der Waals surface area contributed by atoms with Gasteiger partial charge in [-0.2, -0.15) is 25.8 Å². The molecule has 0 N–H and O–H groups in total. The number of rotatable bonds is 6. The van der Waals surface area contributed by atoms with Gasteiger partial charge in [-0.15, -0.1) is 0 Å². The van der Waals surface area contributed by atoms with E-state index in [2.05, 4.69) is 4.74 Å². The van der Waals surface area contributed by atoms with Gasteiger partial charge in [0.25, 0.3) is 10.2 Å². The minimum atomic E-state index is -3.45. The fourth-order valence-corrected chi connectivity index (χ4v) is 3.66. The molecule has 0 unspecified atom stereocenters. The summed E-state index contributed by atoms with van der Waals surface area (Å²) in [6, 6.07) is 5.96. The van der Waals surface area contributed by atoms with Crippen molar-refractivity contribution >= 4 is 10.2 Å². The Kier molecular flexibility index (Phi) is 5.13. The third kappa shape index (κ3) is 4.12. The van der Waals surface area contributed by atoms with Gasteiger partial charge in [-0.05, 0) is 30.5 Å². The number of alkyl halides is 2. The smallest absolute Gasteiger partial charge is 0.387 e. The van der Waals surface area contributed by atoms with Crippen LogP contribution in [0.25, 0.3) is 0 Å². The Bertz CT molecular complexity index is 557. The summed E-state index contributed by atoms with van der Waals surface area (Å²) in [5, 5.41) is 0. The highest BCUT2D eigenvalue weighted by molar-refractivity contribution is 7.86. The molecule has 1 aromatic rings. The first-order valence-electron chi connectivity index (χ1n) is 6.65. The largest absolute Gasteiger partial charge is 0.435 e. The number of hydrogen-bond acceptors (Lipinski definition) is 3. The minimum Gasteiger partial charge on any atom is -0.435 e. The lowest BCUT2D eigenvalue weighted by molar-refractivity contribution is -0.0498. The predicted molar refractivity (Wildman–Crippen MR) is 74.3 cm³/mol. The monoisotopic (exact) mass is 320 g/mol. The van der Waals surface area contributed by atoms with E-state index >= 15 is 0 Å². The van der Waals surface area contributed by atoms with Gasteiger partial charge in [-0.25, -0.2) is 0 Å². The van der Waals surface area contributed by atoms with E-state index in [-0.39, 0.29) is 12.3 Å². The fourth-order valence-electron chi connectivity index (χ4n) is 2.23. The minimum absolute atomic E-state index is 0.0544. The average Bonchev–Trinajstić information content (AvgIpc) is 2.95. The van der Waals surface area contributed by atoms with Gasteiger partial charge in [0.1, 0.15) is 5.75 Å². The number of nitrogens with zero attached hydrogens (tertiary/aromatic N) is 2. The molecule has 1 aromatic carbocycles. The summed E-state index contributed by atoms with van der Waals surface area (Å²) in [5.74, 6) is 0.0544. The molecule has 118 valence electrons. The molecule has 1 fully saturated rings. The van der Waals surface area contributed by atoms with E-state index in [1.807, 2.05) is 0 Å². The van der Waals surface area contributed by atoms with Gasteiger partial charge < -0.3 is 4.74 Å². The third-order valence-electron chi connectivity index (χ3n) is 3.34. The Balaban J connectivity index is 2.00. The van der Waals surface area contributed by atoms with E-state index in [0.29, 0.717) is 18.7 Å². The fraction of sp³-hybridized carbons (Fsp3) is 0.538. The van der Waals surface area contributed by atoms with Gasteiger partial charge in [-0.1, -0.05) is 12.1 Å². The summed E-state index contributed by atoms with van der Waals surface area (Å²) >= 11 is 0. The molecular formula is C13H18F2N2O3S. The van der Waals surface area contributed by atoms with E-state index in [9.17, 15) is 17.2 Å². The molecule has 0 aromatic heterocycles. The zero-order valence-corrected chi connectivity index (χ0v) is 12.5. The molecule has 5 nitrogen and oxygen atoms in total. The molecule has 1 saturated heterocycles. The average molecular weight is 320 g/mol. The van der Waals surface area contributed by atoms with Crippen LogP contribution in [0.3, 0.4) is 0 Å². The Hall–Kier alpha value is -1.25. The van der Waals surface area contributed by atoms with Crippen molar-refractivity contribution in [2.24, 2.45) is 0 Å². The van der Waals surface area contributed by atoms with Crippen molar-refractivity contribution in [3.8, 4) is 5.75 Å². The second-order valence-electron chi connectivity index (χ2n) is 4.89. The number of ether oxygens (including phenoxy) is 1. The lowest BCUT2D eigenvalue weighted by Crippen LogP contribution is -2.39. The zero-order chi connectivity index (χ0) is 15.5. The van der Waals surface area contributed by atoms with Crippen molar-refractivity contribution < 1.29 is 21.9 Å². The molecule has 0 saturated carbocycles. The summed E-state index contributed by atoms with van der Waals surface area (Å²) < 4.78 is 55.6. The molecule has 0 bridgehead atoms. The van der Waals surface area contributed by atoms with Crippen molar-refractivity contribution in [3.63, 3.8) is 0 Å². The number of halogens is 2. The van der Waals surface area contributed by atoms with Gasteiger partial charge in [-0.3, -0.25) is 0 Å². The molecule has 1 aliphatic rings. The molecule has 2 rings (SSSR count). The van der Waals surface area contributed by atoms with E-state index < -0.39 is 16.8 Å². The molecule has 0 atom stereocenters. The highest BCUT2D eigenvalue weighted by atomic mass is 32.2. The van der Waals surface area contributed by atoms with Gasteiger partial charge in [0.15, 0.2) is 0 Å². The first kappa shape index (κ1) is 16.1. The van der Waals surface area contributed by atoms with Crippen LogP contribution in [0.15, 0.2) is 24.3 Å². The molecule has 1 heterocycles. The van der Waals surface area contributed by atoms with Crippen molar-refractivity contribution in [3.05, 3.63) is 29.8 Å². The first-order chi connectivity index (χ1) is 9.89. The first-order valence-corrected chi connectivity index (χ1v) is 8.04. The van der Waals surface area contributed by atoms with E-state index in [1.54, 1.807) is 12.1 Å². The normalized spacial score (nSPS) is 16.8. The molecule has 8 heteroatoms. The quantitative estimate of drug-likeness (QED) is 0.806. The molecule has 0 aliphatic carbocycles. The van der Waals surface area contributed by atoms with Gasteiger partial charge in [0, 0.05) is 26.7 Å². The predicted octanol–water partition coefficient (Wildman–Crippen LogP) is 2.06. The van der Waals surface area contributed by atoms with Crippen molar-refractivity contribution in [2.45, 2.75) is 26.0 Å². The third-order valence-corrected chi connectivity index (χ3v) is 5.27. The Morgan fingerprint density at radius 2 is 1.81 bits per heavy atom. The summed E-state index contributed by atoms with van der Waals surface area (Å²) in [4.78, 5) is 0. The zero-order valence-electron chi connectivity index (χ0n) is 11.7. The second-order valence-corrected chi connectivity index (χ2v) is 6.93. The maximum Gasteiger partial charge on any atom is 0.387 e. The molecule has 1 aliphatic heterocycles. The summed E-state index contributed by atoms with van der Waals surface area (Å²) in [7, 11) is -1.94. The van der Waals surface area contributed by atoms with Crippen LogP contribution >= 0.6 is 0 Å². The number of benzene rings is 1. The lowest BCUT2D eigenvalue weighted by Gasteiger charge is -2.23. The van der Waals surface area contributed by atoms with Crippen molar-refractivity contribution in [1.82, 2.24) is 8.61 Å². The molecule has 0 spiro atoms. The van der Waals surface area contributed by atoms with Crippen LogP contribution in [-0.2, 0) is 16.8 Å². The van der Waals surface area contributed by atoms with E-state index in [4.69, 9.17) is 0 Å². The maximum atomic E-state index is 12.3. The molecule has 0 amide bonds. The summed E-state index contributed by atoms with van der Waals surface area (Å²) in [6.07, 6.45) is 1.76. The molecule has 21 heavy (non-hydrogen) atoms. The van der Waals surface area contributed by atoms with Crippen LogP contribution in [0.2, 0.25) is 0 Å². The Morgan fingerprint density at radius 3 is 2.33 bits per heavy atom. The SMILES string of the molecule is CN(Cc1ccc(OC(F)F)cc1)S(=O)(=O)N1CCCC1. The highest BCUT2D eigenvalue weighted by Crippen LogP contribution is 2.19. The van der Waals surface area contributed by atoms with Crippen molar-refractivity contribution in [1.29, 1.82) is 0 Å². The van der Waals surface area contributed by atoms with Crippen molar-refractivity contribution in [2.75, 3.05) is 20.1 Å². The van der Waals surface area contributed by atoms with Crippen LogP contribution in [0.1, 0.15) is 18.4 Å². The standard InChI is InChI=1S/C13H18F2N2O3S/c1-16(21(18,19)17-8-2-3-9-17)10-11-4-6-12(7-5-11)20-13(14)15/h4-7,13H,2-3,8-10H2,1H3. The lowest BCUT2D eigenvalue weighted by atomic mass is 10.2. The molecule has 0 radical (unpaired) electrons. The summed E-state index contributed by atoms with van der Waals surface area (Å²) in [5.41, 5.74) is 0.710. The van der Waals surface area contributed by atoms with Crippen LogP contribution in [0, 0.1) is 0 Å². The summed E-state index contributed by atoms with van der Waals surface area (Å²) in [6.45, 7) is -1.58. The van der Waals surface area contributed by atoms with Gasteiger partial charge >= 0.3 is 6.61 Å². The van der Waals surface area contributed by atoms with Crippen LogP contribution < -0.4 is 4.74 Å². The topological polar surface area (TPSA) is 49.9 Å². The number of hydrogen-bond donors (Lipinski definition) is 0. The van der Waals surface area contributed by atoms with E-state index in [0.717, 1.165) is 12.8 Å². The van der Waals surface area contributed by atoms with Gasteiger partial charge in [0.05, 0.1) is 0 Å². The van der Waals surface area contributed by atoms with Gasteiger partial charge in [0.2, 0.25) is 0 Å². The molecular weight excluding hydrogens is 302 g/mol. The second kappa shape index (κ2) is 6.67. The Labute approximate surface area is 123 Å². The maximum absolute atomic E-state index is 12.3. The van der Waals surface area contributed by atoms with Crippen LogP contribution in [0.5, 0.6) is 5.75 Å². The van der Waals surface area contributed by atoms with Crippen LogP contribution in [-0.4, -0.2) is 43.8 Å². The van der Waals surface area contributed by atoms with Crippen LogP contribution in [0.4, 0.5) is 8.78 Å². The van der Waals surface area contributed by atoms with E-state index in [1.165, 1.54) is 27.8 Å². The Morgan fingerprint density at radius 1 is 1.24 bits per heavy atom. The highest BCUT2D eigenvalue weighted by Gasteiger charge is 2.29.